The largest absolute Gasteiger partial charge is 0.416 e. The third-order valence-corrected chi connectivity index (χ3v) is 4.75. The van der Waals surface area contributed by atoms with Crippen LogP contribution < -0.4 is 5.32 Å². The second kappa shape index (κ2) is 7.90. The Kier molecular flexibility index (Phi) is 5.14. The molecular formula is C22H18F2N4O2. The first-order valence-corrected chi connectivity index (χ1v) is 9.22. The van der Waals surface area contributed by atoms with Gasteiger partial charge in [0.1, 0.15) is 18.2 Å². The summed E-state index contributed by atoms with van der Waals surface area (Å²) < 4.78 is 33.7. The molecule has 0 saturated heterocycles. The summed E-state index contributed by atoms with van der Waals surface area (Å²) in [6.07, 6.45) is 0. The zero-order chi connectivity index (χ0) is 21.3. The minimum atomic E-state index is -0.366. The van der Waals surface area contributed by atoms with Gasteiger partial charge in [-0.05, 0) is 68.4 Å². The van der Waals surface area contributed by atoms with Gasteiger partial charge < -0.3 is 14.3 Å². The number of benzene rings is 2. The minimum Gasteiger partial charge on any atom is -0.416 e. The number of aryl methyl sites for hydroxylation is 1. The monoisotopic (exact) mass is 408 g/mol. The number of carbonyl (C=O) groups is 1. The number of aromatic nitrogens is 3. The average molecular weight is 408 g/mol. The highest BCUT2D eigenvalue weighted by Crippen LogP contribution is 2.28. The van der Waals surface area contributed by atoms with Gasteiger partial charge in [-0.3, -0.25) is 4.79 Å². The topological polar surface area (TPSA) is 73.0 Å². The van der Waals surface area contributed by atoms with Crippen LogP contribution in [0.4, 0.5) is 14.5 Å². The molecule has 1 N–H and O–H groups in total. The Hall–Kier alpha value is -3.81. The molecule has 0 radical (unpaired) electrons. The van der Waals surface area contributed by atoms with Gasteiger partial charge in [0.15, 0.2) is 0 Å². The highest BCUT2D eigenvalue weighted by molar-refractivity contribution is 5.90. The predicted molar refractivity (Wildman–Crippen MR) is 108 cm³/mol. The molecule has 2 aromatic carbocycles. The van der Waals surface area contributed by atoms with E-state index in [-0.39, 0.29) is 30.0 Å². The molecule has 152 valence electrons. The molecule has 0 saturated carbocycles. The predicted octanol–water partition coefficient (Wildman–Crippen LogP) is 4.74. The second-order valence-electron chi connectivity index (χ2n) is 6.85. The smallest absolute Gasteiger partial charge is 0.249 e. The van der Waals surface area contributed by atoms with E-state index >= 15 is 0 Å². The van der Waals surface area contributed by atoms with Gasteiger partial charge in [-0.2, -0.15) is 0 Å². The lowest BCUT2D eigenvalue weighted by molar-refractivity contribution is -0.116. The normalized spacial score (nSPS) is 10.9. The standard InChI is InChI=1S/C22H18F2N4O2/c1-13-11-19(22-27-26-21(30-22)15-3-5-16(23)6-4-15)14(2)28(13)12-20(29)25-18-9-7-17(24)8-10-18/h3-11H,12H2,1-2H3,(H,25,29). The van der Waals surface area contributed by atoms with Gasteiger partial charge >= 0.3 is 0 Å². The molecule has 4 aromatic rings. The number of nitrogens with one attached hydrogen (secondary N) is 1. The molecular weight excluding hydrogens is 390 g/mol. The molecule has 8 heteroatoms. The third kappa shape index (κ3) is 3.98. The van der Waals surface area contributed by atoms with Gasteiger partial charge in [-0.25, -0.2) is 8.78 Å². The van der Waals surface area contributed by atoms with Crippen LogP contribution in [-0.2, 0) is 11.3 Å². The zero-order valence-corrected chi connectivity index (χ0v) is 16.3. The lowest BCUT2D eigenvalue weighted by Gasteiger charge is -2.10. The van der Waals surface area contributed by atoms with Crippen LogP contribution in [0.1, 0.15) is 11.4 Å². The van der Waals surface area contributed by atoms with Crippen molar-refractivity contribution in [1.29, 1.82) is 0 Å². The van der Waals surface area contributed by atoms with Crippen LogP contribution in [-0.4, -0.2) is 20.7 Å². The van der Waals surface area contributed by atoms with Crippen molar-refractivity contribution in [2.75, 3.05) is 5.32 Å². The van der Waals surface area contributed by atoms with Gasteiger partial charge in [0.25, 0.3) is 0 Å². The summed E-state index contributed by atoms with van der Waals surface area (Å²) in [4.78, 5) is 12.4. The number of carbonyl (C=O) groups excluding carboxylic acids is 1. The first kappa shape index (κ1) is 19.5. The summed E-state index contributed by atoms with van der Waals surface area (Å²) in [5, 5.41) is 10.9. The first-order chi connectivity index (χ1) is 14.4. The number of nitrogens with zero attached hydrogens (tertiary/aromatic N) is 3. The lowest BCUT2D eigenvalue weighted by Crippen LogP contribution is -2.20. The molecule has 0 atom stereocenters. The Morgan fingerprint density at radius 2 is 1.57 bits per heavy atom. The third-order valence-electron chi connectivity index (χ3n) is 4.75. The Labute approximate surface area is 171 Å². The Morgan fingerprint density at radius 3 is 2.23 bits per heavy atom. The van der Waals surface area contributed by atoms with Crippen LogP contribution in [0, 0.1) is 25.5 Å². The fraction of sp³-hybridized carbons (Fsp3) is 0.136. The Morgan fingerprint density at radius 1 is 0.967 bits per heavy atom. The molecule has 2 aromatic heterocycles. The fourth-order valence-electron chi connectivity index (χ4n) is 3.18. The van der Waals surface area contributed by atoms with Crippen LogP contribution in [0.2, 0.25) is 0 Å². The number of amides is 1. The molecule has 0 aliphatic rings. The van der Waals surface area contributed by atoms with Crippen molar-refractivity contribution in [3.8, 4) is 22.9 Å². The summed E-state index contributed by atoms with van der Waals surface area (Å²) in [6, 6.07) is 13.2. The first-order valence-electron chi connectivity index (χ1n) is 9.22. The van der Waals surface area contributed by atoms with E-state index in [4.69, 9.17) is 4.42 Å². The number of hydrogen-bond acceptors (Lipinski definition) is 4. The van der Waals surface area contributed by atoms with Crippen LogP contribution in [0.25, 0.3) is 22.9 Å². The maximum atomic E-state index is 13.1. The zero-order valence-electron chi connectivity index (χ0n) is 16.3. The van der Waals surface area contributed by atoms with Gasteiger partial charge in [-0.15, -0.1) is 10.2 Å². The summed E-state index contributed by atoms with van der Waals surface area (Å²) in [5.41, 5.74) is 3.48. The number of halogens is 2. The lowest BCUT2D eigenvalue weighted by atomic mass is 10.2. The van der Waals surface area contributed by atoms with Gasteiger partial charge in [0.2, 0.25) is 17.7 Å². The molecule has 0 aliphatic carbocycles. The van der Waals surface area contributed by atoms with E-state index in [1.54, 1.807) is 12.1 Å². The molecule has 0 fully saturated rings. The Bertz CT molecular complexity index is 1200. The molecule has 1 amide bonds. The SMILES string of the molecule is Cc1cc(-c2nnc(-c3ccc(F)cc3)o2)c(C)n1CC(=O)Nc1ccc(F)cc1. The number of anilines is 1. The summed E-state index contributed by atoms with van der Waals surface area (Å²) in [7, 11) is 0. The maximum Gasteiger partial charge on any atom is 0.249 e. The number of hydrogen-bond donors (Lipinski definition) is 1. The van der Waals surface area contributed by atoms with Crippen LogP contribution >= 0.6 is 0 Å². The molecule has 0 bridgehead atoms. The Balaban J connectivity index is 1.54. The second-order valence-corrected chi connectivity index (χ2v) is 6.85. The number of rotatable bonds is 5. The van der Waals surface area contributed by atoms with Crippen molar-refractivity contribution in [1.82, 2.24) is 14.8 Å². The maximum absolute atomic E-state index is 13.1. The van der Waals surface area contributed by atoms with Crippen molar-refractivity contribution in [3.05, 3.63) is 77.6 Å². The van der Waals surface area contributed by atoms with Crippen molar-refractivity contribution in [2.24, 2.45) is 0 Å². The summed E-state index contributed by atoms with van der Waals surface area (Å²) in [5.74, 6) is -0.362. The van der Waals surface area contributed by atoms with Crippen molar-refractivity contribution in [2.45, 2.75) is 20.4 Å². The quantitative estimate of drug-likeness (QED) is 0.518. The summed E-state index contributed by atoms with van der Waals surface area (Å²) in [6.45, 7) is 3.81. The van der Waals surface area contributed by atoms with E-state index in [9.17, 15) is 13.6 Å². The van der Waals surface area contributed by atoms with Gasteiger partial charge in [0, 0.05) is 22.6 Å². The van der Waals surface area contributed by atoms with E-state index < -0.39 is 0 Å². The van der Waals surface area contributed by atoms with Crippen molar-refractivity contribution < 1.29 is 18.0 Å². The van der Waals surface area contributed by atoms with Crippen molar-refractivity contribution in [3.63, 3.8) is 0 Å². The summed E-state index contributed by atoms with van der Waals surface area (Å²) >= 11 is 0. The van der Waals surface area contributed by atoms with Crippen LogP contribution in [0.5, 0.6) is 0 Å². The molecule has 30 heavy (non-hydrogen) atoms. The van der Waals surface area contributed by atoms with E-state index in [0.29, 0.717) is 22.7 Å². The van der Waals surface area contributed by atoms with E-state index in [1.165, 1.54) is 36.4 Å². The van der Waals surface area contributed by atoms with Crippen LogP contribution in [0.15, 0.2) is 59.0 Å². The van der Waals surface area contributed by atoms with E-state index in [2.05, 4.69) is 15.5 Å². The van der Waals surface area contributed by atoms with Crippen LogP contribution in [0.3, 0.4) is 0 Å². The fourth-order valence-corrected chi connectivity index (χ4v) is 3.18. The van der Waals surface area contributed by atoms with E-state index in [1.807, 2.05) is 24.5 Å². The van der Waals surface area contributed by atoms with Crippen molar-refractivity contribution >= 4 is 11.6 Å². The van der Waals surface area contributed by atoms with E-state index in [0.717, 1.165) is 11.4 Å². The minimum absolute atomic E-state index is 0.0774. The molecule has 4 rings (SSSR count). The molecule has 6 nitrogen and oxygen atoms in total. The average Bonchev–Trinajstić information content (AvgIpc) is 3.31. The van der Waals surface area contributed by atoms with Gasteiger partial charge in [-0.1, -0.05) is 0 Å². The highest BCUT2D eigenvalue weighted by atomic mass is 19.1. The van der Waals surface area contributed by atoms with Gasteiger partial charge in [0.05, 0.1) is 5.56 Å². The molecule has 0 spiro atoms. The molecule has 2 heterocycles. The molecule has 0 aliphatic heterocycles. The molecule has 0 unspecified atom stereocenters. The highest BCUT2D eigenvalue weighted by Gasteiger charge is 2.18.